The van der Waals surface area contributed by atoms with Crippen molar-refractivity contribution in [3.63, 3.8) is 0 Å². The van der Waals surface area contributed by atoms with Crippen molar-refractivity contribution in [3.8, 4) is 0 Å². The van der Waals surface area contributed by atoms with Gasteiger partial charge in [-0.1, -0.05) is 0 Å². The lowest BCUT2D eigenvalue weighted by atomic mass is 10.3. The van der Waals surface area contributed by atoms with Gasteiger partial charge in [-0.15, -0.1) is 0 Å². The Labute approximate surface area is 94.0 Å². The second-order valence-corrected chi connectivity index (χ2v) is 3.41. The Morgan fingerprint density at radius 3 is 2.88 bits per heavy atom. The second kappa shape index (κ2) is 6.24. The van der Waals surface area contributed by atoms with Crippen molar-refractivity contribution in [2.75, 3.05) is 32.7 Å². The van der Waals surface area contributed by atoms with Crippen LogP contribution >= 0.6 is 0 Å². The van der Waals surface area contributed by atoms with Crippen LogP contribution in [0.4, 0.5) is 5.82 Å². The number of anilines is 1. The zero-order valence-electron chi connectivity index (χ0n) is 9.74. The van der Waals surface area contributed by atoms with E-state index in [1.807, 2.05) is 0 Å². The molecule has 0 radical (unpaired) electrons. The first-order chi connectivity index (χ1) is 7.65. The molecule has 0 aliphatic carbocycles. The Morgan fingerprint density at radius 2 is 2.31 bits per heavy atom. The predicted octanol–water partition coefficient (Wildman–Crippen LogP) is 0.152. The number of ether oxygens (including phenoxy) is 2. The average Bonchev–Trinajstić information content (AvgIpc) is 2.23. The third kappa shape index (κ3) is 4.00. The summed E-state index contributed by atoms with van der Waals surface area (Å²) in [6, 6.07) is 1.41. The molecular formula is C10H17N3O3. The molecule has 2 N–H and O–H groups in total. The molecule has 1 unspecified atom stereocenters. The summed E-state index contributed by atoms with van der Waals surface area (Å²) in [6.07, 6.45) is -0.0635. The summed E-state index contributed by atoms with van der Waals surface area (Å²) in [7, 11) is 3.23. The Hall–Kier alpha value is -1.40. The van der Waals surface area contributed by atoms with Crippen LogP contribution in [0, 0.1) is 6.92 Å². The van der Waals surface area contributed by atoms with Crippen molar-refractivity contribution in [1.29, 1.82) is 0 Å². The number of nitrogens with one attached hydrogen (secondary N) is 2. The van der Waals surface area contributed by atoms with Gasteiger partial charge in [0, 0.05) is 26.8 Å². The summed E-state index contributed by atoms with van der Waals surface area (Å²) in [6.45, 7) is 2.77. The molecule has 0 aliphatic heterocycles. The molecule has 0 amide bonds. The predicted molar refractivity (Wildman–Crippen MR) is 60.8 cm³/mol. The van der Waals surface area contributed by atoms with Crippen LogP contribution in [0.1, 0.15) is 5.82 Å². The van der Waals surface area contributed by atoms with Gasteiger partial charge in [0.25, 0.3) is 5.56 Å². The molecule has 0 saturated carbocycles. The number of aromatic nitrogens is 2. The van der Waals surface area contributed by atoms with E-state index in [9.17, 15) is 4.79 Å². The van der Waals surface area contributed by atoms with Crippen LogP contribution in [-0.4, -0.2) is 43.4 Å². The Bertz CT molecular complexity index is 378. The van der Waals surface area contributed by atoms with Gasteiger partial charge in [-0.05, 0) is 6.92 Å². The van der Waals surface area contributed by atoms with Crippen molar-refractivity contribution in [2.45, 2.75) is 13.0 Å². The van der Waals surface area contributed by atoms with Crippen LogP contribution in [0.2, 0.25) is 0 Å². The number of H-pyrrole nitrogens is 1. The molecule has 16 heavy (non-hydrogen) atoms. The van der Waals surface area contributed by atoms with Crippen molar-refractivity contribution in [3.05, 3.63) is 22.2 Å². The van der Waals surface area contributed by atoms with Gasteiger partial charge in [0.1, 0.15) is 11.6 Å². The highest BCUT2D eigenvalue weighted by Gasteiger charge is 2.07. The average molecular weight is 227 g/mol. The SMILES string of the molecule is COCC(CNc1cc(=O)[nH]c(C)n1)OC. The van der Waals surface area contributed by atoms with Crippen molar-refractivity contribution in [1.82, 2.24) is 9.97 Å². The molecule has 90 valence electrons. The molecule has 1 atom stereocenters. The minimum absolute atomic E-state index is 0.0635. The maximum atomic E-state index is 11.2. The van der Waals surface area contributed by atoms with Gasteiger partial charge < -0.3 is 19.8 Å². The number of rotatable bonds is 6. The van der Waals surface area contributed by atoms with Crippen LogP contribution in [0.25, 0.3) is 0 Å². The maximum absolute atomic E-state index is 11.2. The lowest BCUT2D eigenvalue weighted by Crippen LogP contribution is -2.27. The van der Waals surface area contributed by atoms with Gasteiger partial charge in [-0.25, -0.2) is 4.98 Å². The van der Waals surface area contributed by atoms with Gasteiger partial charge in [0.05, 0.1) is 12.7 Å². The summed E-state index contributed by atoms with van der Waals surface area (Å²) in [5.41, 5.74) is -0.171. The second-order valence-electron chi connectivity index (χ2n) is 3.41. The lowest BCUT2D eigenvalue weighted by molar-refractivity contribution is 0.0365. The number of methoxy groups -OCH3 is 2. The summed E-state index contributed by atoms with van der Waals surface area (Å²) in [5, 5.41) is 3.03. The number of hydrogen-bond acceptors (Lipinski definition) is 5. The third-order valence-corrected chi connectivity index (χ3v) is 2.06. The fourth-order valence-corrected chi connectivity index (χ4v) is 1.28. The standard InChI is InChI=1S/C10H17N3O3/c1-7-12-9(4-10(14)13-7)11-5-8(16-3)6-15-2/h4,8H,5-6H2,1-3H3,(H2,11,12,13,14). The molecule has 6 heteroatoms. The molecule has 0 aliphatic rings. The zero-order valence-corrected chi connectivity index (χ0v) is 9.74. The first-order valence-electron chi connectivity index (χ1n) is 4.99. The van der Waals surface area contributed by atoms with E-state index in [4.69, 9.17) is 9.47 Å². The molecule has 1 rings (SSSR count). The van der Waals surface area contributed by atoms with E-state index in [1.54, 1.807) is 21.1 Å². The number of aromatic amines is 1. The van der Waals surface area contributed by atoms with Gasteiger partial charge in [0.2, 0.25) is 0 Å². The van der Waals surface area contributed by atoms with E-state index < -0.39 is 0 Å². The summed E-state index contributed by atoms with van der Waals surface area (Å²) in [5.74, 6) is 1.12. The molecule has 0 aromatic carbocycles. The summed E-state index contributed by atoms with van der Waals surface area (Å²) < 4.78 is 10.1. The first-order valence-corrected chi connectivity index (χ1v) is 4.99. The zero-order chi connectivity index (χ0) is 12.0. The normalized spacial score (nSPS) is 12.4. The monoisotopic (exact) mass is 227 g/mol. The van der Waals surface area contributed by atoms with E-state index in [0.717, 1.165) is 0 Å². The summed E-state index contributed by atoms with van der Waals surface area (Å²) in [4.78, 5) is 17.9. The van der Waals surface area contributed by atoms with Gasteiger partial charge >= 0.3 is 0 Å². The maximum Gasteiger partial charge on any atom is 0.252 e. The van der Waals surface area contributed by atoms with Crippen molar-refractivity contribution in [2.24, 2.45) is 0 Å². The lowest BCUT2D eigenvalue weighted by Gasteiger charge is -2.15. The number of nitrogens with zero attached hydrogens (tertiary/aromatic N) is 1. The van der Waals surface area contributed by atoms with E-state index >= 15 is 0 Å². The van der Waals surface area contributed by atoms with Crippen LogP contribution < -0.4 is 10.9 Å². The molecule has 0 spiro atoms. The van der Waals surface area contributed by atoms with Crippen molar-refractivity contribution < 1.29 is 9.47 Å². The first kappa shape index (κ1) is 12.7. The molecule has 1 aromatic rings. The molecule has 0 fully saturated rings. The van der Waals surface area contributed by atoms with Crippen LogP contribution in [0.15, 0.2) is 10.9 Å². The van der Waals surface area contributed by atoms with Crippen molar-refractivity contribution >= 4 is 5.82 Å². The van der Waals surface area contributed by atoms with Gasteiger partial charge in [-0.3, -0.25) is 4.79 Å². The number of aryl methyl sites for hydroxylation is 1. The molecule has 0 bridgehead atoms. The minimum Gasteiger partial charge on any atom is -0.382 e. The van der Waals surface area contributed by atoms with Gasteiger partial charge in [0.15, 0.2) is 0 Å². The van der Waals surface area contributed by atoms with Gasteiger partial charge in [-0.2, -0.15) is 0 Å². The molecule has 1 aromatic heterocycles. The van der Waals surface area contributed by atoms with E-state index in [1.165, 1.54) is 6.07 Å². The van der Waals surface area contributed by atoms with E-state index in [-0.39, 0.29) is 11.7 Å². The molecule has 0 saturated heterocycles. The van der Waals surface area contributed by atoms with Crippen LogP contribution in [-0.2, 0) is 9.47 Å². The third-order valence-electron chi connectivity index (χ3n) is 2.06. The highest BCUT2D eigenvalue weighted by Crippen LogP contribution is 1.99. The molecular weight excluding hydrogens is 210 g/mol. The topological polar surface area (TPSA) is 76.2 Å². The Morgan fingerprint density at radius 1 is 1.56 bits per heavy atom. The smallest absolute Gasteiger partial charge is 0.252 e. The van der Waals surface area contributed by atoms with E-state index in [2.05, 4.69) is 15.3 Å². The highest BCUT2D eigenvalue weighted by molar-refractivity contribution is 5.32. The van der Waals surface area contributed by atoms with Crippen LogP contribution in [0.3, 0.4) is 0 Å². The number of hydrogen-bond donors (Lipinski definition) is 2. The summed E-state index contributed by atoms with van der Waals surface area (Å²) >= 11 is 0. The quantitative estimate of drug-likeness (QED) is 0.723. The molecule has 6 nitrogen and oxygen atoms in total. The fraction of sp³-hybridized carbons (Fsp3) is 0.600. The largest absolute Gasteiger partial charge is 0.382 e. The molecule has 1 heterocycles. The Balaban J connectivity index is 2.56. The van der Waals surface area contributed by atoms with E-state index in [0.29, 0.717) is 24.8 Å². The fourth-order valence-electron chi connectivity index (χ4n) is 1.28. The Kier molecular flexibility index (Phi) is 4.94. The highest BCUT2D eigenvalue weighted by atomic mass is 16.5. The van der Waals surface area contributed by atoms with Crippen LogP contribution in [0.5, 0.6) is 0 Å². The minimum atomic E-state index is -0.171.